The van der Waals surface area contributed by atoms with Gasteiger partial charge in [-0.25, -0.2) is 13.4 Å². The largest absolute Gasteiger partial charge is 0.284 e. The predicted molar refractivity (Wildman–Crippen MR) is 76.9 cm³/mol. The quantitative estimate of drug-likeness (QED) is 0.774. The molecule has 8 heteroatoms. The molecule has 0 amide bonds. The number of nitrogens with zero attached hydrogens (tertiary/aromatic N) is 2. The first-order chi connectivity index (χ1) is 9.65. The summed E-state index contributed by atoms with van der Waals surface area (Å²) in [5.41, 5.74) is 1.35. The number of nitrogens with one attached hydrogen (secondary N) is 2. The molecule has 0 aliphatic rings. The van der Waals surface area contributed by atoms with Crippen LogP contribution in [0.5, 0.6) is 0 Å². The number of hydrogen-bond donors (Lipinski definition) is 2. The standard InChI is InChI=1S/C12H10N4O2S2/c17-20(18,11-7-14-15-8-11)16-10-3-1-2-9(6-10)12-13-4-5-19-12/h1-8,16H,(H,14,15). The Morgan fingerprint density at radius 1 is 1.30 bits per heavy atom. The van der Waals surface area contributed by atoms with E-state index in [4.69, 9.17) is 0 Å². The van der Waals surface area contributed by atoms with Gasteiger partial charge in [-0.1, -0.05) is 12.1 Å². The first-order valence-electron chi connectivity index (χ1n) is 5.67. The third kappa shape index (κ3) is 2.56. The van der Waals surface area contributed by atoms with Crippen LogP contribution >= 0.6 is 11.3 Å². The number of hydrogen-bond acceptors (Lipinski definition) is 5. The van der Waals surface area contributed by atoms with Gasteiger partial charge in [0.1, 0.15) is 9.90 Å². The molecule has 0 atom stereocenters. The maximum atomic E-state index is 12.1. The minimum Gasteiger partial charge on any atom is -0.284 e. The number of aromatic nitrogens is 3. The van der Waals surface area contributed by atoms with Gasteiger partial charge in [-0.15, -0.1) is 11.3 Å². The number of aromatic amines is 1. The lowest BCUT2D eigenvalue weighted by Crippen LogP contribution is -2.12. The van der Waals surface area contributed by atoms with Crippen LogP contribution in [0.15, 0.2) is 53.1 Å². The molecule has 0 fully saturated rings. The molecule has 3 aromatic rings. The highest BCUT2D eigenvalue weighted by Crippen LogP contribution is 2.25. The molecule has 0 radical (unpaired) electrons. The van der Waals surface area contributed by atoms with Gasteiger partial charge >= 0.3 is 0 Å². The van der Waals surface area contributed by atoms with Crippen LogP contribution in [0.2, 0.25) is 0 Å². The Balaban J connectivity index is 1.91. The van der Waals surface area contributed by atoms with Crippen LogP contribution in [-0.2, 0) is 10.0 Å². The molecule has 0 spiro atoms. The van der Waals surface area contributed by atoms with Gasteiger partial charge < -0.3 is 0 Å². The second kappa shape index (κ2) is 5.06. The van der Waals surface area contributed by atoms with E-state index in [0.717, 1.165) is 10.6 Å². The van der Waals surface area contributed by atoms with Gasteiger partial charge in [0.2, 0.25) is 0 Å². The Morgan fingerprint density at radius 2 is 2.20 bits per heavy atom. The van der Waals surface area contributed by atoms with Gasteiger partial charge in [-0.05, 0) is 12.1 Å². The molecule has 6 nitrogen and oxygen atoms in total. The molecule has 0 unspecified atom stereocenters. The summed E-state index contributed by atoms with van der Waals surface area (Å²) in [6, 6.07) is 7.10. The molecule has 2 heterocycles. The Kier molecular flexibility index (Phi) is 3.25. The molecule has 0 aliphatic carbocycles. The van der Waals surface area contributed by atoms with E-state index in [1.807, 2.05) is 11.4 Å². The fourth-order valence-corrected chi connectivity index (χ4v) is 3.27. The third-order valence-corrected chi connectivity index (χ3v) is 4.75. The molecule has 102 valence electrons. The minimum atomic E-state index is -3.62. The van der Waals surface area contributed by atoms with Crippen LogP contribution in [0.1, 0.15) is 0 Å². The van der Waals surface area contributed by atoms with Crippen molar-refractivity contribution in [2.24, 2.45) is 0 Å². The first kappa shape index (κ1) is 12.8. The molecule has 0 saturated heterocycles. The van der Waals surface area contributed by atoms with Crippen LogP contribution in [-0.4, -0.2) is 23.6 Å². The van der Waals surface area contributed by atoms with Gasteiger partial charge in [0.05, 0.1) is 6.20 Å². The average Bonchev–Trinajstić information content (AvgIpc) is 3.12. The summed E-state index contributed by atoms with van der Waals surface area (Å²) in [5.74, 6) is 0. The summed E-state index contributed by atoms with van der Waals surface area (Å²) < 4.78 is 26.7. The van der Waals surface area contributed by atoms with E-state index in [1.165, 1.54) is 23.7 Å². The number of benzene rings is 1. The van der Waals surface area contributed by atoms with Crippen LogP contribution in [0.4, 0.5) is 5.69 Å². The van der Waals surface area contributed by atoms with E-state index >= 15 is 0 Å². The fourth-order valence-electron chi connectivity index (χ4n) is 1.68. The van der Waals surface area contributed by atoms with Crippen molar-refractivity contribution >= 4 is 27.0 Å². The molecule has 2 aromatic heterocycles. The number of rotatable bonds is 4. The van der Waals surface area contributed by atoms with Gasteiger partial charge in [-0.3, -0.25) is 9.82 Å². The number of thiazole rings is 1. The molecular weight excluding hydrogens is 296 g/mol. The normalized spacial score (nSPS) is 11.4. The molecule has 20 heavy (non-hydrogen) atoms. The maximum absolute atomic E-state index is 12.1. The van der Waals surface area contributed by atoms with Crippen molar-refractivity contribution in [3.63, 3.8) is 0 Å². The van der Waals surface area contributed by atoms with Crippen molar-refractivity contribution < 1.29 is 8.42 Å². The predicted octanol–water partition coefficient (Wildman–Crippen LogP) is 2.33. The zero-order chi connectivity index (χ0) is 14.0. The zero-order valence-electron chi connectivity index (χ0n) is 10.1. The van der Waals surface area contributed by atoms with Gasteiger partial charge in [-0.2, -0.15) is 5.10 Å². The van der Waals surface area contributed by atoms with Crippen LogP contribution < -0.4 is 4.72 Å². The van der Waals surface area contributed by atoms with Crippen molar-refractivity contribution in [2.75, 3.05) is 4.72 Å². The van der Waals surface area contributed by atoms with Crippen LogP contribution in [0.3, 0.4) is 0 Å². The number of sulfonamides is 1. The molecule has 0 aliphatic heterocycles. The summed E-state index contributed by atoms with van der Waals surface area (Å²) in [7, 11) is -3.62. The lowest BCUT2D eigenvalue weighted by molar-refractivity contribution is 0.601. The van der Waals surface area contributed by atoms with E-state index in [1.54, 1.807) is 24.4 Å². The molecule has 0 bridgehead atoms. The zero-order valence-corrected chi connectivity index (χ0v) is 11.8. The Labute approximate surface area is 119 Å². The molecule has 1 aromatic carbocycles. The summed E-state index contributed by atoms with van der Waals surface area (Å²) >= 11 is 1.50. The third-order valence-electron chi connectivity index (χ3n) is 2.58. The number of H-pyrrole nitrogens is 1. The van der Waals surface area contributed by atoms with Crippen molar-refractivity contribution in [3.8, 4) is 10.6 Å². The van der Waals surface area contributed by atoms with E-state index in [-0.39, 0.29) is 4.90 Å². The molecular formula is C12H10N4O2S2. The highest BCUT2D eigenvalue weighted by Gasteiger charge is 2.15. The monoisotopic (exact) mass is 306 g/mol. The Hall–Kier alpha value is -2.19. The Bertz CT molecular complexity index is 796. The van der Waals surface area contributed by atoms with Crippen LogP contribution in [0, 0.1) is 0 Å². The molecule has 0 saturated carbocycles. The Morgan fingerprint density at radius 3 is 2.90 bits per heavy atom. The van der Waals surface area contributed by atoms with Crippen molar-refractivity contribution in [1.82, 2.24) is 15.2 Å². The second-order valence-corrected chi connectivity index (χ2v) is 6.53. The van der Waals surface area contributed by atoms with E-state index in [9.17, 15) is 8.42 Å². The van der Waals surface area contributed by atoms with Gasteiger partial charge in [0.25, 0.3) is 10.0 Å². The number of anilines is 1. The topological polar surface area (TPSA) is 87.7 Å². The SMILES string of the molecule is O=S(=O)(Nc1cccc(-c2nccs2)c1)c1cn[nH]c1. The van der Waals surface area contributed by atoms with E-state index in [2.05, 4.69) is 19.9 Å². The lowest BCUT2D eigenvalue weighted by atomic mass is 10.2. The summed E-state index contributed by atoms with van der Waals surface area (Å²) in [6.07, 6.45) is 4.29. The van der Waals surface area contributed by atoms with Crippen LogP contribution in [0.25, 0.3) is 10.6 Å². The van der Waals surface area contributed by atoms with Crippen molar-refractivity contribution in [1.29, 1.82) is 0 Å². The highest BCUT2D eigenvalue weighted by atomic mass is 32.2. The molecule has 3 rings (SSSR count). The lowest BCUT2D eigenvalue weighted by Gasteiger charge is -2.07. The second-order valence-electron chi connectivity index (χ2n) is 3.96. The summed E-state index contributed by atoms with van der Waals surface area (Å²) in [5, 5.41) is 8.83. The average molecular weight is 306 g/mol. The first-order valence-corrected chi connectivity index (χ1v) is 8.03. The van der Waals surface area contributed by atoms with Crippen molar-refractivity contribution in [3.05, 3.63) is 48.2 Å². The van der Waals surface area contributed by atoms with Gasteiger partial charge in [0.15, 0.2) is 0 Å². The minimum absolute atomic E-state index is 0.0946. The fraction of sp³-hybridized carbons (Fsp3) is 0. The smallest absolute Gasteiger partial charge is 0.265 e. The highest BCUT2D eigenvalue weighted by molar-refractivity contribution is 7.92. The van der Waals surface area contributed by atoms with E-state index in [0.29, 0.717) is 5.69 Å². The summed E-state index contributed by atoms with van der Waals surface area (Å²) in [4.78, 5) is 4.29. The summed E-state index contributed by atoms with van der Waals surface area (Å²) in [6.45, 7) is 0. The maximum Gasteiger partial charge on any atom is 0.265 e. The van der Waals surface area contributed by atoms with Crippen molar-refractivity contribution in [2.45, 2.75) is 4.90 Å². The van der Waals surface area contributed by atoms with E-state index < -0.39 is 10.0 Å². The molecule has 2 N–H and O–H groups in total. The van der Waals surface area contributed by atoms with Gasteiger partial charge in [0, 0.05) is 29.0 Å².